The van der Waals surface area contributed by atoms with Gasteiger partial charge in [0.2, 0.25) is 5.91 Å². The number of primary amides is 1. The van der Waals surface area contributed by atoms with E-state index in [0.29, 0.717) is 18.8 Å². The van der Waals surface area contributed by atoms with Crippen LogP contribution in [-0.2, 0) is 9.59 Å². The van der Waals surface area contributed by atoms with Crippen LogP contribution in [0.15, 0.2) is 0 Å². The summed E-state index contributed by atoms with van der Waals surface area (Å²) < 4.78 is 0. The molecule has 3 nitrogen and oxygen atoms in total. The zero-order chi connectivity index (χ0) is 12.0. The quantitative estimate of drug-likeness (QED) is 0.704. The Morgan fingerprint density at radius 3 is 2.00 bits per heavy atom. The minimum Gasteiger partial charge on any atom is -0.370 e. The summed E-state index contributed by atoms with van der Waals surface area (Å²) in [5.74, 6) is 0.454. The Morgan fingerprint density at radius 2 is 1.67 bits per heavy atom. The Hall–Kier alpha value is -0.860. The second kappa shape index (κ2) is 6.59. The maximum Gasteiger partial charge on any atom is 0.217 e. The monoisotopic (exact) mass is 213 g/mol. The van der Waals surface area contributed by atoms with E-state index in [4.69, 9.17) is 5.73 Å². The van der Waals surface area contributed by atoms with Crippen molar-refractivity contribution in [3.8, 4) is 0 Å². The number of rotatable bonds is 7. The van der Waals surface area contributed by atoms with E-state index in [1.54, 1.807) is 0 Å². The maximum absolute atomic E-state index is 11.8. The van der Waals surface area contributed by atoms with Crippen molar-refractivity contribution in [1.82, 2.24) is 0 Å². The molecule has 1 amide bonds. The summed E-state index contributed by atoms with van der Waals surface area (Å²) in [5, 5.41) is 0. The Morgan fingerprint density at radius 1 is 1.13 bits per heavy atom. The lowest BCUT2D eigenvalue weighted by molar-refractivity contribution is -0.127. The molecule has 0 saturated carbocycles. The van der Waals surface area contributed by atoms with E-state index in [0.717, 1.165) is 6.42 Å². The molecule has 0 radical (unpaired) electrons. The molecule has 0 aliphatic heterocycles. The van der Waals surface area contributed by atoms with Crippen LogP contribution in [-0.4, -0.2) is 11.7 Å². The lowest BCUT2D eigenvalue weighted by Gasteiger charge is -2.19. The molecule has 1 atom stereocenters. The van der Waals surface area contributed by atoms with Gasteiger partial charge in [0.1, 0.15) is 5.78 Å². The molecular formula is C12H23NO2. The fourth-order valence-corrected chi connectivity index (χ4v) is 1.73. The minimum absolute atomic E-state index is 0.00231. The molecule has 0 fully saturated rings. The largest absolute Gasteiger partial charge is 0.370 e. The van der Waals surface area contributed by atoms with Gasteiger partial charge in [0.05, 0.1) is 0 Å². The zero-order valence-corrected chi connectivity index (χ0v) is 10.2. The van der Waals surface area contributed by atoms with Crippen LogP contribution in [0.3, 0.4) is 0 Å². The maximum atomic E-state index is 11.8. The molecule has 0 bridgehead atoms. The average molecular weight is 213 g/mol. The van der Waals surface area contributed by atoms with Gasteiger partial charge >= 0.3 is 0 Å². The van der Waals surface area contributed by atoms with Crippen molar-refractivity contribution in [2.24, 2.45) is 23.5 Å². The number of Topliss-reactive ketones (excluding diaryl/α,β-unsaturated/α-hetero) is 1. The number of carbonyl (C=O) groups excluding carboxylic acids is 2. The summed E-state index contributed by atoms with van der Waals surface area (Å²) >= 11 is 0. The first-order chi connectivity index (χ1) is 6.84. The highest BCUT2D eigenvalue weighted by Crippen LogP contribution is 2.21. The molecule has 0 unspecified atom stereocenters. The standard InChI is InChI=1S/C12H23NO2/c1-8(2)7-10(5-6-11(13)14)12(15)9(3)4/h8-10H,5-7H2,1-4H3,(H2,13,14)/t10-/m1/s1. The summed E-state index contributed by atoms with van der Waals surface area (Å²) in [6, 6.07) is 0. The molecule has 0 spiro atoms. The van der Waals surface area contributed by atoms with Gasteiger partial charge in [-0.2, -0.15) is 0 Å². The van der Waals surface area contributed by atoms with E-state index in [1.807, 2.05) is 13.8 Å². The van der Waals surface area contributed by atoms with Crippen LogP contribution in [0.4, 0.5) is 0 Å². The summed E-state index contributed by atoms with van der Waals surface area (Å²) in [5.41, 5.74) is 5.10. The molecule has 0 aliphatic rings. The third-order valence-electron chi connectivity index (χ3n) is 2.47. The van der Waals surface area contributed by atoms with E-state index >= 15 is 0 Å². The number of nitrogens with two attached hydrogens (primary N) is 1. The highest BCUT2D eigenvalue weighted by molar-refractivity contribution is 5.83. The second-order valence-electron chi connectivity index (χ2n) is 4.89. The third-order valence-corrected chi connectivity index (χ3v) is 2.47. The number of amides is 1. The molecule has 0 aliphatic carbocycles. The van der Waals surface area contributed by atoms with Gasteiger partial charge in [0.25, 0.3) is 0 Å². The zero-order valence-electron chi connectivity index (χ0n) is 10.2. The van der Waals surface area contributed by atoms with Crippen LogP contribution in [0.2, 0.25) is 0 Å². The minimum atomic E-state index is -0.319. The number of ketones is 1. The van der Waals surface area contributed by atoms with E-state index in [9.17, 15) is 9.59 Å². The fraction of sp³-hybridized carbons (Fsp3) is 0.833. The van der Waals surface area contributed by atoms with Crippen LogP contribution in [0, 0.1) is 17.8 Å². The summed E-state index contributed by atoms with van der Waals surface area (Å²) in [6.45, 7) is 7.98. The SMILES string of the molecule is CC(C)C[C@@H](CCC(N)=O)C(=O)C(C)C. The lowest BCUT2D eigenvalue weighted by atomic mass is 9.85. The van der Waals surface area contributed by atoms with Crippen LogP contribution < -0.4 is 5.73 Å². The van der Waals surface area contributed by atoms with E-state index in [2.05, 4.69) is 13.8 Å². The van der Waals surface area contributed by atoms with Gasteiger partial charge in [-0.25, -0.2) is 0 Å². The van der Waals surface area contributed by atoms with Gasteiger partial charge in [0, 0.05) is 18.3 Å². The Kier molecular flexibility index (Phi) is 6.21. The van der Waals surface area contributed by atoms with Crippen LogP contribution in [0.1, 0.15) is 47.0 Å². The van der Waals surface area contributed by atoms with Gasteiger partial charge in [-0.3, -0.25) is 9.59 Å². The molecule has 0 rings (SSSR count). The summed E-state index contributed by atoms with van der Waals surface area (Å²) in [6.07, 6.45) is 1.77. The Labute approximate surface area is 92.4 Å². The van der Waals surface area contributed by atoms with E-state index in [-0.39, 0.29) is 23.5 Å². The van der Waals surface area contributed by atoms with Crippen molar-refractivity contribution in [2.45, 2.75) is 47.0 Å². The normalized spacial score (nSPS) is 13.2. The van der Waals surface area contributed by atoms with Crippen molar-refractivity contribution in [1.29, 1.82) is 0 Å². The highest BCUT2D eigenvalue weighted by atomic mass is 16.1. The topological polar surface area (TPSA) is 60.2 Å². The highest BCUT2D eigenvalue weighted by Gasteiger charge is 2.22. The number of hydrogen-bond acceptors (Lipinski definition) is 2. The van der Waals surface area contributed by atoms with E-state index in [1.165, 1.54) is 0 Å². The van der Waals surface area contributed by atoms with Gasteiger partial charge in [-0.15, -0.1) is 0 Å². The predicted octanol–water partition coefficient (Wildman–Crippen LogP) is 2.14. The van der Waals surface area contributed by atoms with Crippen LogP contribution in [0.5, 0.6) is 0 Å². The third kappa shape index (κ3) is 6.26. The fourth-order valence-electron chi connectivity index (χ4n) is 1.73. The first kappa shape index (κ1) is 14.1. The van der Waals surface area contributed by atoms with Gasteiger partial charge in [-0.1, -0.05) is 27.7 Å². The molecule has 15 heavy (non-hydrogen) atoms. The molecular weight excluding hydrogens is 190 g/mol. The molecule has 0 saturated heterocycles. The molecule has 0 aromatic heterocycles. The first-order valence-corrected chi connectivity index (χ1v) is 5.66. The van der Waals surface area contributed by atoms with Crippen molar-refractivity contribution in [2.75, 3.05) is 0 Å². The smallest absolute Gasteiger partial charge is 0.217 e. The number of hydrogen-bond donors (Lipinski definition) is 1. The molecule has 3 heteroatoms. The Balaban J connectivity index is 4.30. The van der Waals surface area contributed by atoms with Gasteiger partial charge in [0.15, 0.2) is 0 Å². The van der Waals surface area contributed by atoms with Crippen molar-refractivity contribution in [3.05, 3.63) is 0 Å². The molecule has 88 valence electrons. The van der Waals surface area contributed by atoms with Crippen LogP contribution in [0.25, 0.3) is 0 Å². The molecule has 2 N–H and O–H groups in total. The van der Waals surface area contributed by atoms with Crippen molar-refractivity contribution in [3.63, 3.8) is 0 Å². The summed E-state index contributed by atoms with van der Waals surface area (Å²) in [7, 11) is 0. The van der Waals surface area contributed by atoms with Crippen LogP contribution >= 0.6 is 0 Å². The Bertz CT molecular complexity index is 222. The average Bonchev–Trinajstić information content (AvgIpc) is 2.10. The van der Waals surface area contributed by atoms with E-state index < -0.39 is 0 Å². The molecule has 0 aromatic rings. The second-order valence-corrected chi connectivity index (χ2v) is 4.89. The summed E-state index contributed by atoms with van der Waals surface area (Å²) in [4.78, 5) is 22.5. The molecule has 0 heterocycles. The molecule has 0 aromatic carbocycles. The lowest BCUT2D eigenvalue weighted by Crippen LogP contribution is -2.23. The van der Waals surface area contributed by atoms with Crippen molar-refractivity contribution >= 4 is 11.7 Å². The predicted molar refractivity (Wildman–Crippen MR) is 61.2 cm³/mol. The van der Waals surface area contributed by atoms with Gasteiger partial charge in [-0.05, 0) is 18.8 Å². The van der Waals surface area contributed by atoms with Gasteiger partial charge < -0.3 is 5.73 Å². The van der Waals surface area contributed by atoms with Crippen molar-refractivity contribution < 1.29 is 9.59 Å². The first-order valence-electron chi connectivity index (χ1n) is 5.66. The number of carbonyl (C=O) groups is 2.